The van der Waals surface area contributed by atoms with Gasteiger partial charge in [-0.1, -0.05) is 13.8 Å². The van der Waals surface area contributed by atoms with Gasteiger partial charge in [0, 0.05) is 24.9 Å². The number of aryl methyl sites for hydroxylation is 1. The van der Waals surface area contributed by atoms with E-state index >= 15 is 0 Å². The predicted octanol–water partition coefficient (Wildman–Crippen LogP) is 1.61. The molecule has 2 heterocycles. The minimum atomic E-state index is -0.772. The summed E-state index contributed by atoms with van der Waals surface area (Å²) in [5.41, 5.74) is 2.26. The molecule has 0 spiro atoms. The highest BCUT2D eigenvalue weighted by molar-refractivity contribution is 6.05. The highest BCUT2D eigenvalue weighted by Gasteiger charge is 2.32. The van der Waals surface area contributed by atoms with Crippen LogP contribution in [-0.4, -0.2) is 57.3 Å². The van der Waals surface area contributed by atoms with Gasteiger partial charge in [-0.05, 0) is 37.0 Å². The van der Waals surface area contributed by atoms with Crippen LogP contribution >= 0.6 is 0 Å². The van der Waals surface area contributed by atoms with Crippen molar-refractivity contribution in [2.75, 3.05) is 13.1 Å². The largest absolute Gasteiger partial charge is 0.389 e. The Morgan fingerprint density at radius 3 is 2.88 bits per heavy atom. The number of amides is 2. The number of aromatic amines is 1. The minimum Gasteiger partial charge on any atom is -0.389 e. The second-order valence-electron chi connectivity index (χ2n) is 7.53. The molecule has 1 aliphatic rings. The molecule has 0 radical (unpaired) electrons. The second kappa shape index (κ2) is 7.45. The summed E-state index contributed by atoms with van der Waals surface area (Å²) in [6.07, 6.45) is 1.90. The zero-order valence-electron chi connectivity index (χ0n) is 15.5. The highest BCUT2D eigenvalue weighted by Crippen LogP contribution is 2.22. The number of aromatic nitrogens is 2. The SMILES string of the molecule is Cc1cc(C(=O)N2CCC(NC(=O)CC(C)C)C(O)C2)c2[nH]ncc2c1. The van der Waals surface area contributed by atoms with E-state index in [0.717, 1.165) is 10.9 Å². The third-order valence-corrected chi connectivity index (χ3v) is 4.73. The number of H-pyrrole nitrogens is 1. The lowest BCUT2D eigenvalue weighted by atomic mass is 9.99. The maximum absolute atomic E-state index is 13.0. The van der Waals surface area contributed by atoms with Gasteiger partial charge in [-0.25, -0.2) is 0 Å². The van der Waals surface area contributed by atoms with Crippen LogP contribution in [0.1, 0.15) is 42.6 Å². The van der Waals surface area contributed by atoms with Gasteiger partial charge in [0.25, 0.3) is 5.91 Å². The molecule has 7 nitrogen and oxygen atoms in total. The van der Waals surface area contributed by atoms with Crippen molar-refractivity contribution in [1.82, 2.24) is 20.4 Å². The summed E-state index contributed by atoms with van der Waals surface area (Å²) >= 11 is 0. The number of fused-ring (bicyclic) bond motifs is 1. The van der Waals surface area contributed by atoms with Crippen molar-refractivity contribution < 1.29 is 14.7 Å². The lowest BCUT2D eigenvalue weighted by Crippen LogP contribution is -2.55. The number of nitrogens with one attached hydrogen (secondary N) is 2. The van der Waals surface area contributed by atoms with E-state index in [1.165, 1.54) is 0 Å². The van der Waals surface area contributed by atoms with Crippen molar-refractivity contribution in [2.45, 2.75) is 45.8 Å². The first-order valence-corrected chi connectivity index (χ1v) is 9.05. The number of carbonyl (C=O) groups excluding carboxylic acids is 2. The predicted molar refractivity (Wildman–Crippen MR) is 98.7 cm³/mol. The number of hydrogen-bond acceptors (Lipinski definition) is 4. The van der Waals surface area contributed by atoms with E-state index in [4.69, 9.17) is 0 Å². The van der Waals surface area contributed by atoms with Crippen LogP contribution in [0.4, 0.5) is 0 Å². The van der Waals surface area contributed by atoms with Gasteiger partial charge in [-0.3, -0.25) is 14.7 Å². The van der Waals surface area contributed by atoms with Gasteiger partial charge in [-0.2, -0.15) is 5.10 Å². The number of piperidine rings is 1. The van der Waals surface area contributed by atoms with Gasteiger partial charge in [0.15, 0.2) is 0 Å². The van der Waals surface area contributed by atoms with E-state index in [0.29, 0.717) is 30.5 Å². The lowest BCUT2D eigenvalue weighted by Gasteiger charge is -2.36. The number of nitrogens with zero attached hydrogens (tertiary/aromatic N) is 2. The number of β-amino-alcohol motifs (C(OH)–C–C–N with tert-alkyl or cyclic N) is 1. The zero-order valence-corrected chi connectivity index (χ0v) is 15.5. The summed E-state index contributed by atoms with van der Waals surface area (Å²) in [6, 6.07) is 3.50. The van der Waals surface area contributed by atoms with Gasteiger partial charge in [0.1, 0.15) is 0 Å². The standard InChI is InChI=1S/C19H26N4O3/c1-11(2)6-17(25)21-15-4-5-23(10-16(15)24)19(26)14-8-12(3)7-13-9-20-22-18(13)14/h7-9,11,15-16,24H,4-6,10H2,1-3H3,(H,20,22)(H,21,25). The van der Waals surface area contributed by atoms with Gasteiger partial charge in [0.05, 0.1) is 29.4 Å². The molecule has 7 heteroatoms. The average Bonchev–Trinajstić information content (AvgIpc) is 3.02. The Balaban J connectivity index is 1.69. The Morgan fingerprint density at radius 2 is 2.19 bits per heavy atom. The highest BCUT2D eigenvalue weighted by atomic mass is 16.3. The summed E-state index contributed by atoms with van der Waals surface area (Å²) in [6.45, 7) is 6.60. The first-order valence-electron chi connectivity index (χ1n) is 9.05. The topological polar surface area (TPSA) is 98.3 Å². The normalized spacial score (nSPS) is 20.6. The van der Waals surface area contributed by atoms with Crippen molar-refractivity contribution in [1.29, 1.82) is 0 Å². The van der Waals surface area contributed by atoms with Crippen molar-refractivity contribution in [2.24, 2.45) is 5.92 Å². The van der Waals surface area contributed by atoms with Crippen LogP contribution < -0.4 is 5.32 Å². The first-order chi connectivity index (χ1) is 12.3. The fraction of sp³-hybridized carbons (Fsp3) is 0.526. The maximum atomic E-state index is 13.0. The Morgan fingerprint density at radius 1 is 1.42 bits per heavy atom. The van der Waals surface area contributed by atoms with Gasteiger partial charge >= 0.3 is 0 Å². The summed E-state index contributed by atoms with van der Waals surface area (Å²) in [5.74, 6) is 0.0857. The monoisotopic (exact) mass is 358 g/mol. The molecule has 3 rings (SSSR count). The quantitative estimate of drug-likeness (QED) is 0.773. The molecule has 1 aliphatic heterocycles. The number of aliphatic hydroxyl groups excluding tert-OH is 1. The molecule has 1 aromatic carbocycles. The van der Waals surface area contributed by atoms with Crippen molar-refractivity contribution in [3.8, 4) is 0 Å². The number of likely N-dealkylation sites (tertiary alicyclic amines) is 1. The minimum absolute atomic E-state index is 0.0540. The molecule has 140 valence electrons. The molecule has 1 aromatic heterocycles. The Bertz CT molecular complexity index is 814. The number of benzene rings is 1. The Hall–Kier alpha value is -2.41. The van der Waals surface area contributed by atoms with E-state index < -0.39 is 6.10 Å². The lowest BCUT2D eigenvalue weighted by molar-refractivity contribution is -0.123. The summed E-state index contributed by atoms with van der Waals surface area (Å²) in [7, 11) is 0. The van der Waals surface area contributed by atoms with Gasteiger partial charge in [0.2, 0.25) is 5.91 Å². The summed E-state index contributed by atoms with van der Waals surface area (Å²) < 4.78 is 0. The van der Waals surface area contributed by atoms with E-state index in [2.05, 4.69) is 15.5 Å². The van der Waals surface area contributed by atoms with Crippen LogP contribution in [0.2, 0.25) is 0 Å². The van der Waals surface area contributed by atoms with Crippen LogP contribution in [0.5, 0.6) is 0 Å². The van der Waals surface area contributed by atoms with Crippen molar-refractivity contribution in [3.05, 3.63) is 29.5 Å². The molecule has 3 N–H and O–H groups in total. The zero-order chi connectivity index (χ0) is 18.8. The molecule has 0 bridgehead atoms. The van der Waals surface area contributed by atoms with Gasteiger partial charge < -0.3 is 15.3 Å². The van der Waals surface area contributed by atoms with Crippen LogP contribution in [0, 0.1) is 12.8 Å². The number of carbonyl (C=O) groups is 2. The number of rotatable bonds is 4. The third kappa shape index (κ3) is 3.88. The summed E-state index contributed by atoms with van der Waals surface area (Å²) in [4.78, 5) is 26.6. The molecule has 2 amide bonds. The molecule has 2 aromatic rings. The molecule has 0 saturated carbocycles. The molecule has 1 fully saturated rings. The molecular formula is C19H26N4O3. The number of hydrogen-bond donors (Lipinski definition) is 3. The van der Waals surface area contributed by atoms with Crippen LogP contribution in [0.3, 0.4) is 0 Å². The van der Waals surface area contributed by atoms with Gasteiger partial charge in [-0.15, -0.1) is 0 Å². The van der Waals surface area contributed by atoms with E-state index in [9.17, 15) is 14.7 Å². The number of aliphatic hydroxyl groups is 1. The van der Waals surface area contributed by atoms with Crippen LogP contribution in [-0.2, 0) is 4.79 Å². The van der Waals surface area contributed by atoms with Crippen LogP contribution in [0.25, 0.3) is 10.9 Å². The van der Waals surface area contributed by atoms with Crippen molar-refractivity contribution in [3.63, 3.8) is 0 Å². The molecule has 26 heavy (non-hydrogen) atoms. The third-order valence-electron chi connectivity index (χ3n) is 4.73. The second-order valence-corrected chi connectivity index (χ2v) is 7.53. The molecule has 1 saturated heterocycles. The van der Waals surface area contributed by atoms with Crippen molar-refractivity contribution >= 4 is 22.7 Å². The smallest absolute Gasteiger partial charge is 0.256 e. The Labute approximate surface area is 152 Å². The average molecular weight is 358 g/mol. The molecular weight excluding hydrogens is 332 g/mol. The van der Waals surface area contributed by atoms with E-state index in [1.54, 1.807) is 11.1 Å². The molecule has 2 unspecified atom stereocenters. The molecule has 2 atom stereocenters. The maximum Gasteiger partial charge on any atom is 0.256 e. The fourth-order valence-electron chi connectivity index (χ4n) is 3.47. The van der Waals surface area contributed by atoms with Crippen LogP contribution in [0.15, 0.2) is 18.3 Å². The summed E-state index contributed by atoms with van der Waals surface area (Å²) in [5, 5.41) is 21.1. The fourth-order valence-corrected chi connectivity index (χ4v) is 3.47. The molecule has 0 aliphatic carbocycles. The van der Waals surface area contributed by atoms with E-state index in [1.807, 2.05) is 32.9 Å². The van der Waals surface area contributed by atoms with E-state index in [-0.39, 0.29) is 30.3 Å². The first kappa shape index (κ1) is 18.4. The Kier molecular flexibility index (Phi) is 5.27.